The molecule has 0 unspecified atom stereocenters. The van der Waals surface area contributed by atoms with E-state index in [2.05, 4.69) is 20.5 Å². The SMILES string of the molecule is CCCCn1c(O)c(N=Nc2cc([N+](=O)[O-])ccc2O)c(C)c(C#N)c1=O.Cc1c(N=Nc2cc([N+](=O)[O-])ccc2O)c(O)n(Cc2ccccc2)c(=O)c1C#N.[Co]. The van der Waals surface area contributed by atoms with Gasteiger partial charge in [-0.25, -0.2) is 0 Å². The Balaban J connectivity index is 0.000000307. The van der Waals surface area contributed by atoms with Crippen molar-refractivity contribution in [3.8, 4) is 35.4 Å². The van der Waals surface area contributed by atoms with Crippen molar-refractivity contribution in [2.45, 2.75) is 46.7 Å². The van der Waals surface area contributed by atoms with Gasteiger partial charge in [0.05, 0.1) is 16.4 Å². The number of hydrogen-bond acceptors (Lipinski definition) is 16. The molecule has 0 amide bonds. The van der Waals surface area contributed by atoms with Crippen molar-refractivity contribution in [3.05, 3.63) is 135 Å². The molecule has 2 aromatic heterocycles. The van der Waals surface area contributed by atoms with Gasteiger partial charge in [0, 0.05) is 58.7 Å². The molecule has 0 aliphatic rings. The van der Waals surface area contributed by atoms with Crippen molar-refractivity contribution in [2.75, 3.05) is 0 Å². The number of unbranched alkanes of at least 4 members (excludes halogenated alkanes) is 1. The molecule has 0 aliphatic heterocycles. The van der Waals surface area contributed by atoms with Crippen molar-refractivity contribution >= 4 is 34.1 Å². The second-order valence-corrected chi connectivity index (χ2v) is 12.0. The zero-order valence-electron chi connectivity index (χ0n) is 30.7. The number of phenolic OH excluding ortho intramolecular Hbond substituents is 2. The monoisotopic (exact) mass is 835 g/mol. The molecule has 20 nitrogen and oxygen atoms in total. The molecule has 0 bridgehead atoms. The first-order valence-electron chi connectivity index (χ1n) is 16.7. The summed E-state index contributed by atoms with van der Waals surface area (Å²) in [5.41, 5.74) is -2.06. The van der Waals surface area contributed by atoms with Gasteiger partial charge >= 0.3 is 0 Å². The summed E-state index contributed by atoms with van der Waals surface area (Å²) in [6.45, 7) is 4.96. The molecular weight excluding hydrogens is 803 g/mol. The maximum absolute atomic E-state index is 12.6. The summed E-state index contributed by atoms with van der Waals surface area (Å²) in [4.78, 5) is 45.4. The molecule has 58 heavy (non-hydrogen) atoms. The van der Waals surface area contributed by atoms with Crippen LogP contribution in [0.4, 0.5) is 34.1 Å². The fourth-order valence-electron chi connectivity index (χ4n) is 5.17. The van der Waals surface area contributed by atoms with Gasteiger partial charge in [0.2, 0.25) is 11.8 Å². The van der Waals surface area contributed by atoms with Crippen molar-refractivity contribution < 1.29 is 47.1 Å². The van der Waals surface area contributed by atoms with E-state index < -0.39 is 32.7 Å². The summed E-state index contributed by atoms with van der Waals surface area (Å²) in [7, 11) is 0. The van der Waals surface area contributed by atoms with E-state index in [1.54, 1.807) is 42.5 Å². The Bertz CT molecular complexity index is 2650. The van der Waals surface area contributed by atoms with Crippen LogP contribution in [0, 0.1) is 56.7 Å². The average Bonchev–Trinajstić information content (AvgIpc) is 3.18. The summed E-state index contributed by atoms with van der Waals surface area (Å²) < 4.78 is 2.03. The van der Waals surface area contributed by atoms with E-state index in [1.165, 1.54) is 13.8 Å². The molecule has 0 saturated heterocycles. The zero-order valence-corrected chi connectivity index (χ0v) is 31.8. The molecule has 0 saturated carbocycles. The Kier molecular flexibility index (Phi) is 15.2. The molecule has 0 fully saturated rings. The normalized spacial score (nSPS) is 10.6. The average molecular weight is 836 g/mol. The summed E-state index contributed by atoms with van der Waals surface area (Å²) in [6.07, 6.45) is 1.36. The van der Waals surface area contributed by atoms with E-state index in [0.29, 0.717) is 12.0 Å². The summed E-state index contributed by atoms with van der Waals surface area (Å²) in [5, 5.41) is 96.4. The molecule has 299 valence electrons. The molecule has 5 rings (SSSR count). The van der Waals surface area contributed by atoms with Crippen LogP contribution < -0.4 is 11.1 Å². The first-order valence-corrected chi connectivity index (χ1v) is 16.7. The van der Waals surface area contributed by atoms with Crippen LogP contribution in [0.15, 0.2) is 96.8 Å². The number of benzene rings is 3. The van der Waals surface area contributed by atoms with Crippen LogP contribution in [0.3, 0.4) is 0 Å². The van der Waals surface area contributed by atoms with Crippen LogP contribution in [0.5, 0.6) is 23.3 Å². The minimum absolute atomic E-state index is 0. The predicted octanol–water partition coefficient (Wildman–Crippen LogP) is 7.37. The minimum Gasteiger partial charge on any atom is -0.506 e. The van der Waals surface area contributed by atoms with Crippen LogP contribution in [-0.4, -0.2) is 39.4 Å². The Labute approximate surface area is 338 Å². The summed E-state index contributed by atoms with van der Waals surface area (Å²) in [5.74, 6) is -1.69. The largest absolute Gasteiger partial charge is 0.506 e. The molecule has 1 radical (unpaired) electrons. The van der Waals surface area contributed by atoms with Crippen molar-refractivity contribution in [2.24, 2.45) is 20.5 Å². The van der Waals surface area contributed by atoms with Gasteiger partial charge in [-0.2, -0.15) is 10.5 Å². The first-order chi connectivity index (χ1) is 27.1. The van der Waals surface area contributed by atoms with Crippen LogP contribution in [0.25, 0.3) is 0 Å². The molecular formula is C37H32CoN10O10. The van der Waals surface area contributed by atoms with Gasteiger partial charge in [-0.3, -0.25) is 39.0 Å². The van der Waals surface area contributed by atoms with Crippen LogP contribution >= 0.6 is 0 Å². The molecule has 4 N–H and O–H groups in total. The maximum atomic E-state index is 12.6. The Hall–Kier alpha value is -7.75. The number of aromatic hydroxyl groups is 4. The number of azo groups is 2. The van der Waals surface area contributed by atoms with Gasteiger partial charge in [-0.1, -0.05) is 43.7 Å². The Morgan fingerprint density at radius 3 is 1.53 bits per heavy atom. The molecule has 2 heterocycles. The molecule has 3 aromatic carbocycles. The zero-order chi connectivity index (χ0) is 42.0. The molecule has 0 atom stereocenters. The minimum atomic E-state index is -0.687. The number of non-ortho nitro benzene ring substituents is 2. The van der Waals surface area contributed by atoms with Crippen molar-refractivity contribution in [1.82, 2.24) is 9.13 Å². The maximum Gasteiger partial charge on any atom is 0.271 e. The third-order valence-corrected chi connectivity index (χ3v) is 8.31. The fraction of sp³-hybridized carbons (Fsp3) is 0.189. The van der Waals surface area contributed by atoms with E-state index >= 15 is 0 Å². The molecule has 5 aromatic rings. The van der Waals surface area contributed by atoms with Gasteiger partial charge in [0.25, 0.3) is 22.5 Å². The van der Waals surface area contributed by atoms with Crippen LogP contribution in [0.2, 0.25) is 0 Å². The van der Waals surface area contributed by atoms with Crippen molar-refractivity contribution in [3.63, 3.8) is 0 Å². The summed E-state index contributed by atoms with van der Waals surface area (Å²) >= 11 is 0. The van der Waals surface area contributed by atoms with E-state index in [0.717, 1.165) is 52.0 Å². The number of aromatic nitrogens is 2. The number of rotatable bonds is 11. The van der Waals surface area contributed by atoms with E-state index in [9.17, 15) is 60.8 Å². The number of nitrogens with zero attached hydrogens (tertiary/aromatic N) is 10. The molecule has 0 spiro atoms. The number of nitriles is 2. The molecule has 21 heteroatoms. The van der Waals surface area contributed by atoms with Crippen LogP contribution in [-0.2, 0) is 29.9 Å². The number of nitro groups is 2. The van der Waals surface area contributed by atoms with Gasteiger partial charge in [-0.05, 0) is 38.0 Å². The second-order valence-electron chi connectivity index (χ2n) is 12.0. The third kappa shape index (κ3) is 9.91. The predicted molar refractivity (Wildman–Crippen MR) is 202 cm³/mol. The van der Waals surface area contributed by atoms with Gasteiger partial charge in [0.1, 0.15) is 46.1 Å². The van der Waals surface area contributed by atoms with E-state index in [1.807, 2.05) is 6.92 Å². The number of hydrogen-bond donors (Lipinski definition) is 4. The standard InChI is InChI=1S/C20H15N5O5.C17H17N5O5.Co/c1-12-15(10-21)19(27)24(11-13-5-3-2-4-6-13)20(28)18(12)23-22-16-9-14(25(29)30)7-8-17(16)26;1-3-4-7-21-16(24)12(9-18)10(2)15(17(21)25)20-19-13-8-11(22(26)27)5-6-14(13)23;/h2-9,26,28H,11H2,1H3;5-6,8,23,25H,3-4,7H2,1-2H3;. The fourth-order valence-corrected chi connectivity index (χ4v) is 5.17. The number of pyridine rings is 2. The number of phenols is 2. The smallest absolute Gasteiger partial charge is 0.271 e. The molecule has 0 aliphatic carbocycles. The van der Waals surface area contributed by atoms with Gasteiger partial charge in [0.15, 0.2) is 11.4 Å². The van der Waals surface area contributed by atoms with E-state index in [-0.39, 0.29) is 97.7 Å². The van der Waals surface area contributed by atoms with Crippen LogP contribution in [0.1, 0.15) is 47.6 Å². The topological polar surface area (TPSA) is 308 Å². The third-order valence-electron chi connectivity index (χ3n) is 8.31. The second kappa shape index (κ2) is 19.7. The Morgan fingerprint density at radius 1 is 0.690 bits per heavy atom. The van der Waals surface area contributed by atoms with Gasteiger partial charge in [-0.15, -0.1) is 20.5 Å². The Morgan fingerprint density at radius 2 is 1.12 bits per heavy atom. The number of nitro benzene ring substituents is 2. The summed E-state index contributed by atoms with van der Waals surface area (Å²) in [6, 6.07) is 18.9. The first kappa shape index (κ1) is 44.6. The van der Waals surface area contributed by atoms with Crippen molar-refractivity contribution in [1.29, 1.82) is 10.5 Å². The van der Waals surface area contributed by atoms with E-state index in [4.69, 9.17) is 0 Å². The van der Waals surface area contributed by atoms with Gasteiger partial charge < -0.3 is 20.4 Å². The quantitative estimate of drug-likeness (QED) is 0.0576.